The number of halogens is 3. The van der Waals surface area contributed by atoms with E-state index in [2.05, 4.69) is 10.3 Å². The first kappa shape index (κ1) is 18.6. The van der Waals surface area contributed by atoms with Gasteiger partial charge in [-0.05, 0) is 41.5 Å². The smallest absolute Gasteiger partial charge is 0.339 e. The van der Waals surface area contributed by atoms with Crippen LogP contribution in [0.4, 0.5) is 20.3 Å². The summed E-state index contributed by atoms with van der Waals surface area (Å²) in [6.45, 7) is 0. The molecule has 0 saturated carbocycles. The van der Waals surface area contributed by atoms with Crippen molar-refractivity contribution in [3.63, 3.8) is 0 Å². The zero-order chi connectivity index (χ0) is 19.6. The molecule has 138 valence electrons. The Balaban J connectivity index is 2.00. The second-order valence-electron chi connectivity index (χ2n) is 5.53. The standard InChI is InChI=1S/C19H13ClF2N2O3/c1-27-13-4-2-3-10(5-13)11-6-15(21)17(16(22)7-11)24-18-14(19(25)26)8-12(20)9-23-18/h2-9H,1H3,(H,23,24)(H,25,26). The van der Waals surface area contributed by atoms with E-state index in [4.69, 9.17) is 16.3 Å². The molecule has 1 aromatic heterocycles. The molecule has 27 heavy (non-hydrogen) atoms. The minimum Gasteiger partial charge on any atom is -0.497 e. The molecular formula is C19H13ClF2N2O3. The van der Waals surface area contributed by atoms with Crippen LogP contribution in [0.15, 0.2) is 48.7 Å². The van der Waals surface area contributed by atoms with E-state index in [1.54, 1.807) is 24.3 Å². The molecule has 0 bridgehead atoms. The van der Waals surface area contributed by atoms with Crippen molar-refractivity contribution in [1.82, 2.24) is 4.98 Å². The van der Waals surface area contributed by atoms with Gasteiger partial charge < -0.3 is 15.2 Å². The fraction of sp³-hybridized carbons (Fsp3) is 0.0526. The maximum Gasteiger partial charge on any atom is 0.339 e. The highest BCUT2D eigenvalue weighted by Gasteiger charge is 2.18. The van der Waals surface area contributed by atoms with E-state index >= 15 is 0 Å². The van der Waals surface area contributed by atoms with Gasteiger partial charge in [0, 0.05) is 6.20 Å². The van der Waals surface area contributed by atoms with Gasteiger partial charge in [-0.25, -0.2) is 18.6 Å². The normalized spacial score (nSPS) is 10.5. The van der Waals surface area contributed by atoms with E-state index in [9.17, 15) is 18.7 Å². The molecule has 0 aliphatic heterocycles. The number of methoxy groups -OCH3 is 1. The number of nitrogens with one attached hydrogen (secondary N) is 1. The van der Waals surface area contributed by atoms with Gasteiger partial charge in [-0.1, -0.05) is 23.7 Å². The topological polar surface area (TPSA) is 71.5 Å². The largest absolute Gasteiger partial charge is 0.497 e. The molecule has 2 N–H and O–H groups in total. The number of carboxylic acids is 1. The van der Waals surface area contributed by atoms with Gasteiger partial charge in [-0.15, -0.1) is 0 Å². The Kier molecular flexibility index (Phi) is 5.23. The number of carbonyl (C=O) groups is 1. The first-order chi connectivity index (χ1) is 12.9. The van der Waals surface area contributed by atoms with Gasteiger partial charge in [-0.3, -0.25) is 0 Å². The minimum atomic E-state index is -1.33. The molecule has 0 unspecified atom stereocenters. The van der Waals surface area contributed by atoms with Crippen LogP contribution in [0.25, 0.3) is 11.1 Å². The molecule has 0 aliphatic carbocycles. The predicted octanol–water partition coefficient (Wildman–Crippen LogP) is 5.13. The molecule has 3 aromatic rings. The van der Waals surface area contributed by atoms with Crippen LogP contribution in [0.2, 0.25) is 5.02 Å². The Hall–Kier alpha value is -3.19. The van der Waals surface area contributed by atoms with Crippen molar-refractivity contribution in [2.45, 2.75) is 0 Å². The average Bonchev–Trinajstić information content (AvgIpc) is 2.65. The number of hydrogen-bond acceptors (Lipinski definition) is 4. The molecule has 5 nitrogen and oxygen atoms in total. The fourth-order valence-electron chi connectivity index (χ4n) is 2.48. The van der Waals surface area contributed by atoms with Crippen LogP contribution >= 0.6 is 11.6 Å². The SMILES string of the molecule is COc1cccc(-c2cc(F)c(Nc3ncc(Cl)cc3C(=O)O)c(F)c2)c1. The molecular weight excluding hydrogens is 378 g/mol. The Morgan fingerprint density at radius 3 is 2.48 bits per heavy atom. The van der Waals surface area contributed by atoms with E-state index < -0.39 is 23.3 Å². The van der Waals surface area contributed by atoms with Gasteiger partial charge in [-0.2, -0.15) is 0 Å². The lowest BCUT2D eigenvalue weighted by Gasteiger charge is -2.12. The molecule has 0 amide bonds. The monoisotopic (exact) mass is 390 g/mol. The van der Waals surface area contributed by atoms with E-state index in [-0.39, 0.29) is 16.4 Å². The highest BCUT2D eigenvalue weighted by Crippen LogP contribution is 2.31. The average molecular weight is 391 g/mol. The summed E-state index contributed by atoms with van der Waals surface area (Å²) in [4.78, 5) is 15.1. The van der Waals surface area contributed by atoms with E-state index in [1.807, 2.05) is 0 Å². The Morgan fingerprint density at radius 2 is 1.85 bits per heavy atom. The fourth-order valence-corrected chi connectivity index (χ4v) is 2.64. The third-order valence-corrected chi connectivity index (χ3v) is 3.98. The van der Waals surface area contributed by atoms with Gasteiger partial charge in [0.25, 0.3) is 0 Å². The lowest BCUT2D eigenvalue weighted by molar-refractivity contribution is 0.0697. The number of anilines is 2. The molecule has 0 aliphatic rings. The lowest BCUT2D eigenvalue weighted by Crippen LogP contribution is -2.07. The first-order valence-corrected chi connectivity index (χ1v) is 8.06. The molecule has 0 spiro atoms. The summed E-state index contributed by atoms with van der Waals surface area (Å²) in [7, 11) is 1.49. The molecule has 0 saturated heterocycles. The van der Waals surface area contributed by atoms with Crippen LogP contribution in [-0.4, -0.2) is 23.2 Å². The summed E-state index contributed by atoms with van der Waals surface area (Å²) in [6, 6.07) is 10.2. The summed E-state index contributed by atoms with van der Waals surface area (Å²) in [5.41, 5.74) is 0.0451. The number of carboxylic acid groups (broad SMARTS) is 1. The molecule has 0 radical (unpaired) electrons. The molecule has 1 heterocycles. The van der Waals surface area contributed by atoms with E-state index in [1.165, 1.54) is 13.3 Å². The first-order valence-electron chi connectivity index (χ1n) is 7.68. The van der Waals surface area contributed by atoms with Crippen LogP contribution in [0.1, 0.15) is 10.4 Å². The zero-order valence-electron chi connectivity index (χ0n) is 14.0. The Bertz CT molecular complexity index is 1000. The van der Waals surface area contributed by atoms with Gasteiger partial charge in [0.15, 0.2) is 0 Å². The summed E-state index contributed by atoms with van der Waals surface area (Å²) >= 11 is 5.73. The van der Waals surface area contributed by atoms with Gasteiger partial charge in [0.1, 0.15) is 34.5 Å². The van der Waals surface area contributed by atoms with Gasteiger partial charge in [0.05, 0.1) is 12.1 Å². The summed E-state index contributed by atoms with van der Waals surface area (Å²) < 4.78 is 34.2. The number of aromatic nitrogens is 1. The van der Waals surface area contributed by atoms with Crippen LogP contribution in [-0.2, 0) is 0 Å². The quantitative estimate of drug-likeness (QED) is 0.632. The van der Waals surface area contributed by atoms with Crippen molar-refractivity contribution in [2.24, 2.45) is 0 Å². The number of nitrogens with zero attached hydrogens (tertiary/aromatic N) is 1. The molecule has 8 heteroatoms. The maximum absolute atomic E-state index is 14.5. The highest BCUT2D eigenvalue weighted by molar-refractivity contribution is 6.30. The van der Waals surface area contributed by atoms with Crippen LogP contribution in [0.3, 0.4) is 0 Å². The molecule has 0 atom stereocenters. The summed E-state index contributed by atoms with van der Waals surface area (Å²) in [5.74, 6) is -2.81. The zero-order valence-corrected chi connectivity index (χ0v) is 14.7. The number of benzene rings is 2. The van der Waals surface area contributed by atoms with E-state index in [0.717, 1.165) is 18.2 Å². The third kappa shape index (κ3) is 3.98. The molecule has 2 aromatic carbocycles. The van der Waals surface area contributed by atoms with Crippen LogP contribution < -0.4 is 10.1 Å². The maximum atomic E-state index is 14.5. The predicted molar refractivity (Wildman–Crippen MR) is 97.8 cm³/mol. The van der Waals surface area contributed by atoms with Crippen LogP contribution in [0, 0.1) is 11.6 Å². The number of rotatable bonds is 5. The number of ether oxygens (including phenoxy) is 1. The summed E-state index contributed by atoms with van der Waals surface area (Å²) in [5, 5.41) is 11.7. The second kappa shape index (κ2) is 7.59. The molecule has 0 fully saturated rings. The lowest BCUT2D eigenvalue weighted by atomic mass is 10.0. The third-order valence-electron chi connectivity index (χ3n) is 3.77. The number of hydrogen-bond donors (Lipinski definition) is 2. The van der Waals surface area contributed by atoms with Crippen molar-refractivity contribution < 1.29 is 23.4 Å². The van der Waals surface area contributed by atoms with Crippen molar-refractivity contribution in [2.75, 3.05) is 12.4 Å². The Morgan fingerprint density at radius 1 is 1.15 bits per heavy atom. The number of pyridine rings is 1. The highest BCUT2D eigenvalue weighted by atomic mass is 35.5. The van der Waals surface area contributed by atoms with Crippen molar-refractivity contribution >= 4 is 29.1 Å². The van der Waals surface area contributed by atoms with Crippen molar-refractivity contribution in [3.8, 4) is 16.9 Å². The minimum absolute atomic E-state index is 0.0901. The van der Waals surface area contributed by atoms with E-state index in [0.29, 0.717) is 16.9 Å². The van der Waals surface area contributed by atoms with Gasteiger partial charge >= 0.3 is 5.97 Å². The second-order valence-corrected chi connectivity index (χ2v) is 5.96. The van der Waals surface area contributed by atoms with Crippen molar-refractivity contribution in [3.05, 3.63) is 70.9 Å². The summed E-state index contributed by atoms with van der Waals surface area (Å²) in [6.07, 6.45) is 1.18. The number of aromatic carboxylic acids is 1. The van der Waals surface area contributed by atoms with Gasteiger partial charge in [0.2, 0.25) is 0 Å². The van der Waals surface area contributed by atoms with Crippen LogP contribution in [0.5, 0.6) is 5.75 Å². The molecule has 3 rings (SSSR count). The Labute approximate surface area is 158 Å². The van der Waals surface area contributed by atoms with Crippen molar-refractivity contribution in [1.29, 1.82) is 0 Å².